The number of anilines is 1. The van der Waals surface area contributed by atoms with Gasteiger partial charge in [-0.25, -0.2) is 0 Å². The number of hydrogen-bond acceptors (Lipinski definition) is 2. The van der Waals surface area contributed by atoms with E-state index in [-0.39, 0.29) is 5.91 Å². The molecule has 4 saturated carbocycles. The predicted molar refractivity (Wildman–Crippen MR) is 93.4 cm³/mol. The van der Waals surface area contributed by atoms with Crippen LogP contribution in [0.2, 0.25) is 5.02 Å². The molecule has 0 spiro atoms. The number of nitrogens with one attached hydrogen (secondary N) is 1. The molecule has 0 radical (unpaired) electrons. The number of amides is 1. The molecule has 22 heavy (non-hydrogen) atoms. The van der Waals surface area contributed by atoms with Crippen molar-refractivity contribution < 1.29 is 4.79 Å². The maximum absolute atomic E-state index is 12.3. The number of para-hydroxylation sites is 1. The Morgan fingerprint density at radius 2 is 1.73 bits per heavy atom. The molecule has 2 nitrogen and oxygen atoms in total. The molecule has 4 heteroatoms. The molecule has 0 heterocycles. The van der Waals surface area contributed by atoms with Gasteiger partial charge in [-0.2, -0.15) is 0 Å². The molecular weight excluding hydrogens is 314 g/mol. The molecule has 0 atom stereocenters. The predicted octanol–water partition coefficient (Wildman–Crippen LogP) is 4.98. The third-order valence-electron chi connectivity index (χ3n) is 5.64. The standard InChI is InChI=1S/C18H22ClNOS/c19-15-3-1-2-4-16(15)20-17(21)11-22-18-8-12-5-13(9-18)7-14(6-12)10-18/h1-4,12-14H,5-11H2,(H,20,21). The van der Waals surface area contributed by atoms with Gasteiger partial charge >= 0.3 is 0 Å². The van der Waals surface area contributed by atoms with Crippen molar-refractivity contribution in [3.8, 4) is 0 Å². The van der Waals surface area contributed by atoms with Gasteiger partial charge in [0.05, 0.1) is 16.5 Å². The van der Waals surface area contributed by atoms with Gasteiger partial charge in [0.2, 0.25) is 5.91 Å². The first-order valence-electron chi connectivity index (χ1n) is 8.30. The van der Waals surface area contributed by atoms with Crippen LogP contribution in [0.1, 0.15) is 38.5 Å². The third-order valence-corrected chi connectivity index (χ3v) is 7.49. The van der Waals surface area contributed by atoms with Gasteiger partial charge in [0.1, 0.15) is 0 Å². The Hall–Kier alpha value is -0.670. The van der Waals surface area contributed by atoms with E-state index in [2.05, 4.69) is 5.32 Å². The van der Waals surface area contributed by atoms with Gasteiger partial charge in [-0.05, 0) is 68.4 Å². The van der Waals surface area contributed by atoms with Crippen LogP contribution in [0, 0.1) is 17.8 Å². The highest BCUT2D eigenvalue weighted by molar-refractivity contribution is 8.01. The van der Waals surface area contributed by atoms with E-state index >= 15 is 0 Å². The molecule has 0 aromatic heterocycles. The average Bonchev–Trinajstić information content (AvgIpc) is 2.46. The van der Waals surface area contributed by atoms with Crippen molar-refractivity contribution in [1.82, 2.24) is 0 Å². The molecule has 1 aromatic rings. The summed E-state index contributed by atoms with van der Waals surface area (Å²) in [7, 11) is 0. The topological polar surface area (TPSA) is 29.1 Å². The van der Waals surface area contributed by atoms with Crippen LogP contribution in [0.3, 0.4) is 0 Å². The van der Waals surface area contributed by atoms with Crippen LogP contribution in [0.5, 0.6) is 0 Å². The summed E-state index contributed by atoms with van der Waals surface area (Å²) < 4.78 is 0.395. The smallest absolute Gasteiger partial charge is 0.234 e. The Bertz CT molecular complexity index is 553. The Labute approximate surface area is 141 Å². The van der Waals surface area contributed by atoms with Crippen LogP contribution in [-0.4, -0.2) is 16.4 Å². The summed E-state index contributed by atoms with van der Waals surface area (Å²) in [4.78, 5) is 12.3. The van der Waals surface area contributed by atoms with Gasteiger partial charge in [0, 0.05) is 4.75 Å². The molecule has 5 rings (SSSR count). The first kappa shape index (κ1) is 14.9. The number of carbonyl (C=O) groups excluding carboxylic acids is 1. The normalized spacial score (nSPS) is 35.6. The maximum atomic E-state index is 12.3. The molecule has 0 aliphatic heterocycles. The molecule has 1 aromatic carbocycles. The Kier molecular flexibility index (Phi) is 3.90. The SMILES string of the molecule is O=C(CSC12CC3CC(CC(C3)C1)C2)Nc1ccccc1Cl. The van der Waals surface area contributed by atoms with Gasteiger partial charge in [-0.3, -0.25) is 4.79 Å². The van der Waals surface area contributed by atoms with Crippen LogP contribution in [0.15, 0.2) is 24.3 Å². The highest BCUT2D eigenvalue weighted by Gasteiger charge is 2.51. The first-order valence-corrected chi connectivity index (χ1v) is 9.67. The van der Waals surface area contributed by atoms with Crippen LogP contribution in [-0.2, 0) is 4.79 Å². The fraction of sp³-hybridized carbons (Fsp3) is 0.611. The van der Waals surface area contributed by atoms with E-state index in [0.717, 1.165) is 23.4 Å². The van der Waals surface area contributed by atoms with Crippen molar-refractivity contribution in [3.63, 3.8) is 0 Å². The molecule has 0 unspecified atom stereocenters. The molecule has 0 saturated heterocycles. The summed E-state index contributed by atoms with van der Waals surface area (Å²) in [5, 5.41) is 3.56. The summed E-state index contributed by atoms with van der Waals surface area (Å²) in [6, 6.07) is 7.44. The Morgan fingerprint density at radius 3 is 2.32 bits per heavy atom. The summed E-state index contributed by atoms with van der Waals surface area (Å²) in [5.74, 6) is 3.44. The number of thioether (sulfide) groups is 1. The molecule has 4 aliphatic carbocycles. The summed E-state index contributed by atoms with van der Waals surface area (Å²) in [6.07, 6.45) is 8.36. The highest BCUT2D eigenvalue weighted by Crippen LogP contribution is 2.60. The Morgan fingerprint density at radius 1 is 1.14 bits per heavy atom. The largest absolute Gasteiger partial charge is 0.324 e. The third kappa shape index (κ3) is 2.90. The minimum absolute atomic E-state index is 0.0776. The second-order valence-electron chi connectivity index (χ2n) is 7.42. The highest BCUT2D eigenvalue weighted by atomic mass is 35.5. The van der Waals surface area contributed by atoms with Gasteiger partial charge in [-0.1, -0.05) is 23.7 Å². The monoisotopic (exact) mass is 335 g/mol. The summed E-state index contributed by atoms with van der Waals surface area (Å²) in [5.41, 5.74) is 0.722. The van der Waals surface area contributed by atoms with E-state index < -0.39 is 0 Å². The fourth-order valence-corrected chi connectivity index (χ4v) is 6.93. The van der Waals surface area contributed by atoms with Crippen molar-refractivity contribution in [2.24, 2.45) is 17.8 Å². The molecule has 4 fully saturated rings. The van der Waals surface area contributed by atoms with Crippen molar-refractivity contribution in [1.29, 1.82) is 0 Å². The van der Waals surface area contributed by atoms with E-state index in [4.69, 9.17) is 11.6 Å². The average molecular weight is 336 g/mol. The lowest BCUT2D eigenvalue weighted by Gasteiger charge is -2.56. The van der Waals surface area contributed by atoms with E-state index in [1.165, 1.54) is 38.5 Å². The Balaban J connectivity index is 1.37. The van der Waals surface area contributed by atoms with E-state index in [0.29, 0.717) is 15.5 Å². The number of halogens is 1. The fourth-order valence-electron chi connectivity index (χ4n) is 5.18. The summed E-state index contributed by atoms with van der Waals surface area (Å²) in [6.45, 7) is 0. The second-order valence-corrected chi connectivity index (χ2v) is 9.27. The molecule has 4 aliphatic rings. The van der Waals surface area contributed by atoms with Gasteiger partial charge < -0.3 is 5.32 Å². The lowest BCUT2D eigenvalue weighted by Crippen LogP contribution is -2.49. The van der Waals surface area contributed by atoms with Crippen molar-refractivity contribution in [3.05, 3.63) is 29.3 Å². The van der Waals surface area contributed by atoms with Crippen LogP contribution in [0.25, 0.3) is 0 Å². The van der Waals surface area contributed by atoms with E-state index in [9.17, 15) is 4.79 Å². The van der Waals surface area contributed by atoms with Crippen LogP contribution < -0.4 is 5.32 Å². The zero-order valence-corrected chi connectivity index (χ0v) is 14.3. The molecule has 118 valence electrons. The van der Waals surface area contributed by atoms with E-state index in [1.54, 1.807) is 0 Å². The summed E-state index contributed by atoms with van der Waals surface area (Å²) >= 11 is 8.02. The van der Waals surface area contributed by atoms with Crippen molar-refractivity contribution in [2.45, 2.75) is 43.3 Å². The molecular formula is C18H22ClNOS. The zero-order valence-electron chi connectivity index (χ0n) is 12.7. The molecule has 4 bridgehead atoms. The van der Waals surface area contributed by atoms with Crippen LogP contribution >= 0.6 is 23.4 Å². The van der Waals surface area contributed by atoms with E-state index in [1.807, 2.05) is 36.0 Å². The van der Waals surface area contributed by atoms with Crippen molar-refractivity contribution in [2.75, 3.05) is 11.1 Å². The first-order chi connectivity index (χ1) is 10.6. The molecule has 1 amide bonds. The lowest BCUT2D eigenvalue weighted by atomic mass is 9.56. The van der Waals surface area contributed by atoms with Gasteiger partial charge in [0.15, 0.2) is 0 Å². The molecule has 1 N–H and O–H groups in total. The minimum Gasteiger partial charge on any atom is -0.324 e. The number of carbonyl (C=O) groups is 1. The quantitative estimate of drug-likeness (QED) is 0.840. The van der Waals surface area contributed by atoms with Crippen LogP contribution in [0.4, 0.5) is 5.69 Å². The van der Waals surface area contributed by atoms with Crippen molar-refractivity contribution >= 4 is 35.0 Å². The number of rotatable bonds is 4. The number of hydrogen-bond donors (Lipinski definition) is 1. The minimum atomic E-state index is 0.0776. The maximum Gasteiger partial charge on any atom is 0.234 e. The lowest BCUT2D eigenvalue weighted by molar-refractivity contribution is -0.113. The number of benzene rings is 1. The zero-order chi connectivity index (χ0) is 15.2. The second kappa shape index (κ2) is 5.76. The van der Waals surface area contributed by atoms with Gasteiger partial charge in [-0.15, -0.1) is 11.8 Å². The van der Waals surface area contributed by atoms with Gasteiger partial charge in [0.25, 0.3) is 0 Å².